The van der Waals surface area contributed by atoms with Crippen LogP contribution in [-0.4, -0.2) is 39.0 Å². The zero-order valence-corrected chi connectivity index (χ0v) is 15.0. The Morgan fingerprint density at radius 2 is 2.17 bits per heavy atom. The van der Waals surface area contributed by atoms with Gasteiger partial charge in [-0.05, 0) is 63.9 Å². The summed E-state index contributed by atoms with van der Waals surface area (Å²) < 4.78 is 22.7. The summed E-state index contributed by atoms with van der Waals surface area (Å²) >= 11 is 0. The van der Waals surface area contributed by atoms with E-state index >= 15 is 0 Å². The summed E-state index contributed by atoms with van der Waals surface area (Å²) in [5.74, 6) is 0. The number of sulfonamides is 1. The van der Waals surface area contributed by atoms with E-state index in [0.717, 1.165) is 25.9 Å². The minimum Gasteiger partial charge on any atom is -0.384 e. The molecule has 7 heteroatoms. The second kappa shape index (κ2) is 8.47. The molecule has 6 nitrogen and oxygen atoms in total. The Kier molecular flexibility index (Phi) is 6.60. The topological polar surface area (TPSA) is 99.2 Å². The van der Waals surface area contributed by atoms with Gasteiger partial charge in [0.15, 0.2) is 0 Å². The maximum absolute atomic E-state index is 11.3. The highest BCUT2D eigenvalue weighted by atomic mass is 32.2. The molecular weight excluding hydrogens is 324 g/mol. The lowest BCUT2D eigenvalue weighted by Gasteiger charge is -2.33. The molecule has 0 bridgehead atoms. The molecule has 3 N–H and O–H groups in total. The van der Waals surface area contributed by atoms with Gasteiger partial charge in [-0.1, -0.05) is 6.42 Å². The van der Waals surface area contributed by atoms with Crippen LogP contribution in [0.4, 0.5) is 5.69 Å². The highest BCUT2D eigenvalue weighted by molar-refractivity contribution is 7.89. The molecule has 132 valence electrons. The van der Waals surface area contributed by atoms with Gasteiger partial charge >= 0.3 is 0 Å². The standard InChI is InChI=1S/C17H26N4O2S/c1-14-6-2-4-10-21(14)11-5-3-9-20-17-8-7-16(24(19,22)23)12-15(17)13-18/h7-8,12,14,20H,2-6,9-11H2,1H3,(H2,19,22,23). The molecule has 0 saturated carbocycles. The molecule has 1 aliphatic rings. The number of nitrogens with one attached hydrogen (secondary N) is 1. The van der Waals surface area contributed by atoms with Crippen LogP contribution in [0.1, 0.15) is 44.6 Å². The first-order chi connectivity index (χ1) is 11.4. The number of hydrogen-bond donors (Lipinski definition) is 2. The number of nitrogens with two attached hydrogens (primary N) is 1. The molecule has 0 radical (unpaired) electrons. The highest BCUT2D eigenvalue weighted by Gasteiger charge is 2.17. The van der Waals surface area contributed by atoms with Gasteiger partial charge in [0.1, 0.15) is 6.07 Å². The van der Waals surface area contributed by atoms with Crippen molar-refractivity contribution < 1.29 is 8.42 Å². The summed E-state index contributed by atoms with van der Waals surface area (Å²) in [5.41, 5.74) is 0.947. The molecule has 1 unspecified atom stereocenters. The number of benzene rings is 1. The molecule has 1 heterocycles. The number of nitrogens with zero attached hydrogens (tertiary/aromatic N) is 2. The third-order valence-electron chi connectivity index (χ3n) is 4.57. The van der Waals surface area contributed by atoms with E-state index in [1.54, 1.807) is 6.07 Å². The number of rotatable bonds is 7. The average molecular weight is 350 g/mol. The maximum atomic E-state index is 11.3. The zero-order chi connectivity index (χ0) is 17.6. The van der Waals surface area contributed by atoms with E-state index in [4.69, 9.17) is 5.14 Å². The van der Waals surface area contributed by atoms with Crippen molar-refractivity contribution in [2.75, 3.05) is 25.0 Å². The lowest BCUT2D eigenvalue weighted by Crippen LogP contribution is -2.38. The van der Waals surface area contributed by atoms with Gasteiger partial charge in [-0.15, -0.1) is 0 Å². The number of primary sulfonamides is 1. The Labute approximate surface area is 144 Å². The first kappa shape index (κ1) is 18.7. The van der Waals surface area contributed by atoms with Crippen LogP contribution in [0.2, 0.25) is 0 Å². The molecule has 1 aromatic carbocycles. The van der Waals surface area contributed by atoms with Crippen LogP contribution in [0.15, 0.2) is 23.1 Å². The van der Waals surface area contributed by atoms with Crippen molar-refractivity contribution >= 4 is 15.7 Å². The van der Waals surface area contributed by atoms with Crippen molar-refractivity contribution in [3.8, 4) is 6.07 Å². The van der Waals surface area contributed by atoms with Gasteiger partial charge in [0.25, 0.3) is 0 Å². The average Bonchev–Trinajstić information content (AvgIpc) is 2.55. The minimum atomic E-state index is -3.78. The fourth-order valence-electron chi connectivity index (χ4n) is 3.10. The number of nitriles is 1. The van der Waals surface area contributed by atoms with Gasteiger partial charge in [-0.2, -0.15) is 5.26 Å². The fourth-order valence-corrected chi connectivity index (χ4v) is 3.64. The van der Waals surface area contributed by atoms with Crippen molar-refractivity contribution in [1.29, 1.82) is 5.26 Å². The second-order valence-corrected chi connectivity index (χ2v) is 7.94. The lowest BCUT2D eigenvalue weighted by molar-refractivity contribution is 0.158. The maximum Gasteiger partial charge on any atom is 0.238 e. The van der Waals surface area contributed by atoms with Gasteiger partial charge < -0.3 is 10.2 Å². The first-order valence-corrected chi connectivity index (χ1v) is 10.0. The Morgan fingerprint density at radius 3 is 2.83 bits per heavy atom. The molecule has 1 saturated heterocycles. The van der Waals surface area contributed by atoms with Crippen LogP contribution in [0, 0.1) is 11.3 Å². The predicted octanol–water partition coefficient (Wildman–Crippen LogP) is 2.27. The van der Waals surface area contributed by atoms with Crippen molar-refractivity contribution in [2.45, 2.75) is 50.0 Å². The van der Waals surface area contributed by atoms with E-state index < -0.39 is 10.0 Å². The third-order valence-corrected chi connectivity index (χ3v) is 5.48. The van der Waals surface area contributed by atoms with Gasteiger partial charge in [0.2, 0.25) is 10.0 Å². The van der Waals surface area contributed by atoms with E-state index in [-0.39, 0.29) is 4.90 Å². The van der Waals surface area contributed by atoms with Gasteiger partial charge in [0, 0.05) is 12.6 Å². The van der Waals surface area contributed by atoms with Gasteiger partial charge in [-0.25, -0.2) is 13.6 Å². The second-order valence-electron chi connectivity index (χ2n) is 6.38. The summed E-state index contributed by atoms with van der Waals surface area (Å²) in [5, 5.41) is 17.5. The molecule has 1 atom stereocenters. The van der Waals surface area contributed by atoms with Crippen molar-refractivity contribution in [3.63, 3.8) is 0 Å². The molecule has 0 spiro atoms. The molecule has 2 rings (SSSR count). The number of unbranched alkanes of at least 4 members (excludes halogenated alkanes) is 1. The molecular formula is C17H26N4O2S. The molecule has 24 heavy (non-hydrogen) atoms. The quantitative estimate of drug-likeness (QED) is 0.735. The fraction of sp³-hybridized carbons (Fsp3) is 0.588. The smallest absolute Gasteiger partial charge is 0.238 e. The first-order valence-electron chi connectivity index (χ1n) is 8.46. The lowest BCUT2D eigenvalue weighted by atomic mass is 10.0. The Morgan fingerprint density at radius 1 is 1.38 bits per heavy atom. The van der Waals surface area contributed by atoms with Crippen molar-refractivity contribution in [2.24, 2.45) is 5.14 Å². The van der Waals surface area contributed by atoms with Crippen molar-refractivity contribution in [3.05, 3.63) is 23.8 Å². The number of anilines is 1. The molecule has 1 aromatic rings. The SMILES string of the molecule is CC1CCCCN1CCCCNc1ccc(S(N)(=O)=O)cc1C#N. The minimum absolute atomic E-state index is 0.0383. The van der Waals surface area contributed by atoms with Crippen LogP contribution in [-0.2, 0) is 10.0 Å². The Bertz CT molecular complexity index is 697. The predicted molar refractivity (Wildman–Crippen MR) is 95.1 cm³/mol. The summed E-state index contributed by atoms with van der Waals surface area (Å²) in [6.07, 6.45) is 6.04. The molecule has 0 aromatic heterocycles. The highest BCUT2D eigenvalue weighted by Crippen LogP contribution is 2.20. The summed E-state index contributed by atoms with van der Waals surface area (Å²) in [6.45, 7) is 5.36. The number of likely N-dealkylation sites (tertiary alicyclic amines) is 1. The molecule has 1 fully saturated rings. The van der Waals surface area contributed by atoms with Gasteiger partial charge in [0.05, 0.1) is 16.1 Å². The van der Waals surface area contributed by atoms with Crippen LogP contribution in [0.5, 0.6) is 0 Å². The van der Waals surface area contributed by atoms with E-state index in [9.17, 15) is 13.7 Å². The monoisotopic (exact) mass is 350 g/mol. The van der Waals surface area contributed by atoms with E-state index in [0.29, 0.717) is 17.3 Å². The number of piperidine rings is 1. The largest absolute Gasteiger partial charge is 0.384 e. The van der Waals surface area contributed by atoms with Crippen LogP contribution in [0.25, 0.3) is 0 Å². The zero-order valence-electron chi connectivity index (χ0n) is 14.2. The molecule has 0 amide bonds. The molecule has 1 aliphatic heterocycles. The van der Waals surface area contributed by atoms with Crippen LogP contribution < -0.4 is 10.5 Å². The third kappa shape index (κ3) is 5.20. The van der Waals surface area contributed by atoms with E-state index in [1.165, 1.54) is 37.9 Å². The van der Waals surface area contributed by atoms with Crippen LogP contribution >= 0.6 is 0 Å². The number of hydrogen-bond acceptors (Lipinski definition) is 5. The molecule has 0 aliphatic carbocycles. The van der Waals surface area contributed by atoms with Crippen LogP contribution in [0.3, 0.4) is 0 Å². The Balaban J connectivity index is 1.81. The Hall–Kier alpha value is -1.62. The van der Waals surface area contributed by atoms with Crippen molar-refractivity contribution in [1.82, 2.24) is 4.90 Å². The van der Waals surface area contributed by atoms with E-state index in [1.807, 2.05) is 6.07 Å². The summed E-state index contributed by atoms with van der Waals surface area (Å²) in [7, 11) is -3.78. The van der Waals surface area contributed by atoms with E-state index in [2.05, 4.69) is 17.1 Å². The summed E-state index contributed by atoms with van der Waals surface area (Å²) in [6, 6.07) is 7.04. The van der Waals surface area contributed by atoms with Gasteiger partial charge in [-0.3, -0.25) is 0 Å². The summed E-state index contributed by atoms with van der Waals surface area (Å²) in [4.78, 5) is 2.51. The normalized spacial score (nSPS) is 19.0.